The minimum absolute atomic E-state index is 0.0541. The van der Waals surface area contributed by atoms with Crippen molar-refractivity contribution in [3.05, 3.63) is 45.8 Å². The third-order valence-electron chi connectivity index (χ3n) is 5.47. The predicted molar refractivity (Wildman–Crippen MR) is 101 cm³/mol. The maximum atomic E-state index is 12.9. The molecule has 0 aromatic carbocycles. The van der Waals surface area contributed by atoms with Crippen LogP contribution in [0.3, 0.4) is 0 Å². The number of fused-ring (bicyclic) bond motifs is 1. The van der Waals surface area contributed by atoms with Gasteiger partial charge in [0, 0.05) is 44.0 Å². The standard InChI is InChI=1S/C19H24N6O2/c1-13-11-20-12-21-18(13)23-6-8-24(9-7-23)19(27)14(2)25-17(26)10-15-4-3-5-16(15)22-25/h10-12,14H,3-9H2,1-2H3/t14-/m1/s1. The maximum Gasteiger partial charge on any atom is 0.267 e. The van der Waals surface area contributed by atoms with Gasteiger partial charge in [0.1, 0.15) is 18.2 Å². The third kappa shape index (κ3) is 3.31. The molecule has 4 rings (SSSR count). The molecule has 0 spiro atoms. The minimum Gasteiger partial charge on any atom is -0.353 e. The van der Waals surface area contributed by atoms with Crippen molar-refractivity contribution in [1.82, 2.24) is 24.6 Å². The predicted octanol–water partition coefficient (Wildman–Crippen LogP) is 0.740. The van der Waals surface area contributed by atoms with Gasteiger partial charge in [-0.25, -0.2) is 14.6 Å². The number of hydrogen-bond acceptors (Lipinski definition) is 6. The highest BCUT2D eigenvalue weighted by Gasteiger charge is 2.28. The van der Waals surface area contributed by atoms with Crippen molar-refractivity contribution in [2.75, 3.05) is 31.1 Å². The van der Waals surface area contributed by atoms with Crippen LogP contribution in [0.4, 0.5) is 5.82 Å². The minimum atomic E-state index is -0.587. The summed E-state index contributed by atoms with van der Waals surface area (Å²) < 4.78 is 1.35. The molecule has 0 N–H and O–H groups in total. The molecule has 2 aromatic rings. The molecule has 0 radical (unpaired) electrons. The number of anilines is 1. The first-order valence-corrected chi connectivity index (χ1v) is 9.46. The van der Waals surface area contributed by atoms with Gasteiger partial charge < -0.3 is 9.80 Å². The van der Waals surface area contributed by atoms with E-state index < -0.39 is 6.04 Å². The number of aromatic nitrogens is 4. The van der Waals surface area contributed by atoms with Gasteiger partial charge in [0.05, 0.1) is 5.69 Å². The summed E-state index contributed by atoms with van der Waals surface area (Å²) in [6, 6.07) is 1.06. The highest BCUT2D eigenvalue weighted by Crippen LogP contribution is 2.20. The highest BCUT2D eigenvalue weighted by molar-refractivity contribution is 5.80. The van der Waals surface area contributed by atoms with E-state index in [9.17, 15) is 9.59 Å². The fraction of sp³-hybridized carbons (Fsp3) is 0.526. The molecular weight excluding hydrogens is 344 g/mol. The molecule has 1 saturated heterocycles. The average Bonchev–Trinajstić information content (AvgIpc) is 3.14. The van der Waals surface area contributed by atoms with E-state index >= 15 is 0 Å². The first-order chi connectivity index (χ1) is 13.0. The summed E-state index contributed by atoms with van der Waals surface area (Å²) in [4.78, 5) is 37.7. The number of aryl methyl sites for hydroxylation is 3. The monoisotopic (exact) mass is 368 g/mol. The van der Waals surface area contributed by atoms with Gasteiger partial charge in [-0.3, -0.25) is 9.59 Å². The molecule has 2 aliphatic rings. The Kier molecular flexibility index (Phi) is 4.63. The fourth-order valence-corrected chi connectivity index (χ4v) is 3.92. The number of nitrogens with zero attached hydrogens (tertiary/aromatic N) is 6. The lowest BCUT2D eigenvalue weighted by atomic mass is 10.2. The Balaban J connectivity index is 1.45. The van der Waals surface area contributed by atoms with Gasteiger partial charge in [0.25, 0.3) is 5.56 Å². The van der Waals surface area contributed by atoms with E-state index in [1.807, 2.05) is 11.8 Å². The Bertz CT molecular complexity index is 917. The molecule has 0 unspecified atom stereocenters. The molecule has 1 amide bonds. The molecule has 0 saturated carbocycles. The molecule has 27 heavy (non-hydrogen) atoms. The normalized spacial score (nSPS) is 17.7. The van der Waals surface area contributed by atoms with E-state index in [0.29, 0.717) is 26.2 Å². The molecule has 1 fully saturated rings. The van der Waals surface area contributed by atoms with Gasteiger partial charge in [-0.2, -0.15) is 5.10 Å². The zero-order chi connectivity index (χ0) is 19.0. The van der Waals surface area contributed by atoms with Gasteiger partial charge in [-0.15, -0.1) is 0 Å². The van der Waals surface area contributed by atoms with Crippen LogP contribution in [0, 0.1) is 6.92 Å². The van der Waals surface area contributed by atoms with Crippen LogP contribution < -0.4 is 10.5 Å². The first kappa shape index (κ1) is 17.6. The van der Waals surface area contributed by atoms with Crippen molar-refractivity contribution >= 4 is 11.7 Å². The Morgan fingerprint density at radius 1 is 1.19 bits per heavy atom. The SMILES string of the molecule is Cc1cncnc1N1CCN(C(=O)[C@@H](C)n2nc3c(cc2=O)CCC3)CC1. The van der Waals surface area contributed by atoms with E-state index in [1.54, 1.807) is 25.5 Å². The second-order valence-electron chi connectivity index (χ2n) is 7.27. The van der Waals surface area contributed by atoms with Gasteiger partial charge in [-0.05, 0) is 38.7 Å². The average molecular weight is 368 g/mol. The van der Waals surface area contributed by atoms with E-state index in [1.165, 1.54) is 4.68 Å². The zero-order valence-electron chi connectivity index (χ0n) is 15.8. The maximum absolute atomic E-state index is 12.9. The number of carbonyl (C=O) groups is 1. The molecule has 8 heteroatoms. The van der Waals surface area contributed by atoms with Crippen molar-refractivity contribution in [1.29, 1.82) is 0 Å². The molecule has 3 heterocycles. The van der Waals surface area contributed by atoms with E-state index in [4.69, 9.17) is 0 Å². The van der Waals surface area contributed by atoms with E-state index in [2.05, 4.69) is 20.0 Å². The van der Waals surface area contributed by atoms with Crippen LogP contribution in [-0.4, -0.2) is 56.7 Å². The second-order valence-corrected chi connectivity index (χ2v) is 7.27. The molecule has 1 aliphatic heterocycles. The Morgan fingerprint density at radius 2 is 1.96 bits per heavy atom. The number of hydrogen-bond donors (Lipinski definition) is 0. The van der Waals surface area contributed by atoms with Crippen molar-refractivity contribution in [2.24, 2.45) is 0 Å². The molecule has 2 aromatic heterocycles. The number of piperazine rings is 1. The molecule has 8 nitrogen and oxygen atoms in total. The smallest absolute Gasteiger partial charge is 0.267 e. The second kappa shape index (κ2) is 7.09. The van der Waals surface area contributed by atoms with Gasteiger partial charge in [-0.1, -0.05) is 0 Å². The van der Waals surface area contributed by atoms with Gasteiger partial charge >= 0.3 is 0 Å². The van der Waals surface area contributed by atoms with E-state index in [-0.39, 0.29) is 11.5 Å². The topological polar surface area (TPSA) is 84.2 Å². The zero-order valence-corrected chi connectivity index (χ0v) is 15.8. The summed E-state index contributed by atoms with van der Waals surface area (Å²) in [5, 5.41) is 4.47. The number of rotatable bonds is 3. The van der Waals surface area contributed by atoms with Crippen LogP contribution >= 0.6 is 0 Å². The van der Waals surface area contributed by atoms with Crippen LogP contribution in [0.1, 0.15) is 36.2 Å². The summed E-state index contributed by atoms with van der Waals surface area (Å²) in [6.07, 6.45) is 6.17. The molecule has 1 aliphatic carbocycles. The van der Waals surface area contributed by atoms with Crippen LogP contribution in [0.2, 0.25) is 0 Å². The van der Waals surface area contributed by atoms with Crippen molar-refractivity contribution in [3.8, 4) is 0 Å². The fourth-order valence-electron chi connectivity index (χ4n) is 3.92. The van der Waals surface area contributed by atoms with Crippen LogP contribution in [0.15, 0.2) is 23.4 Å². The largest absolute Gasteiger partial charge is 0.353 e. The first-order valence-electron chi connectivity index (χ1n) is 9.46. The summed E-state index contributed by atoms with van der Waals surface area (Å²) in [5.41, 5.74) is 2.83. The lowest BCUT2D eigenvalue weighted by molar-refractivity contribution is -0.135. The molecule has 142 valence electrons. The van der Waals surface area contributed by atoms with Crippen molar-refractivity contribution in [3.63, 3.8) is 0 Å². The van der Waals surface area contributed by atoms with Crippen LogP contribution in [0.5, 0.6) is 0 Å². The van der Waals surface area contributed by atoms with E-state index in [0.717, 1.165) is 41.9 Å². The quantitative estimate of drug-likeness (QED) is 0.795. The Morgan fingerprint density at radius 3 is 2.70 bits per heavy atom. The summed E-state index contributed by atoms with van der Waals surface area (Å²) in [7, 11) is 0. The summed E-state index contributed by atoms with van der Waals surface area (Å²) in [6.45, 7) is 6.38. The number of carbonyl (C=O) groups excluding carboxylic acids is 1. The molecule has 0 bridgehead atoms. The van der Waals surface area contributed by atoms with Crippen LogP contribution in [-0.2, 0) is 17.6 Å². The summed E-state index contributed by atoms with van der Waals surface area (Å²) in [5.74, 6) is 0.864. The van der Waals surface area contributed by atoms with Crippen molar-refractivity contribution in [2.45, 2.75) is 39.2 Å². The Hall–Kier alpha value is -2.77. The highest BCUT2D eigenvalue weighted by atomic mass is 16.2. The van der Waals surface area contributed by atoms with Gasteiger partial charge in [0.15, 0.2) is 0 Å². The molecular formula is C19H24N6O2. The summed E-state index contributed by atoms with van der Waals surface area (Å²) >= 11 is 0. The number of amides is 1. The molecule has 1 atom stereocenters. The third-order valence-corrected chi connectivity index (χ3v) is 5.47. The lowest BCUT2D eigenvalue weighted by Gasteiger charge is -2.37. The van der Waals surface area contributed by atoms with Crippen molar-refractivity contribution < 1.29 is 4.79 Å². The van der Waals surface area contributed by atoms with Crippen LogP contribution in [0.25, 0.3) is 0 Å². The lowest BCUT2D eigenvalue weighted by Crippen LogP contribution is -2.51. The Labute approximate surface area is 157 Å². The van der Waals surface area contributed by atoms with Gasteiger partial charge in [0.2, 0.25) is 5.91 Å².